The van der Waals surface area contributed by atoms with Crippen LogP contribution in [0.5, 0.6) is 0 Å². The molecule has 2 heterocycles. The number of para-hydroxylation sites is 1. The average molecular weight is 469 g/mol. The SMILES string of the molecule is CC(C)Cc1ccc(CCCc2nnc3n2-c2ccccc2C(c2ccc(Cl)cc2)=NC3)cc1. The molecule has 0 saturated heterocycles. The van der Waals surface area contributed by atoms with E-state index in [1.165, 1.54) is 11.1 Å². The van der Waals surface area contributed by atoms with Gasteiger partial charge < -0.3 is 0 Å². The van der Waals surface area contributed by atoms with Crippen molar-refractivity contribution < 1.29 is 0 Å². The number of aryl methyl sites for hydroxylation is 2. The summed E-state index contributed by atoms with van der Waals surface area (Å²) in [5, 5.41) is 9.78. The number of nitrogens with zero attached hydrogens (tertiary/aromatic N) is 4. The Kier molecular flexibility index (Phi) is 6.59. The van der Waals surface area contributed by atoms with Crippen LogP contribution in [0.1, 0.15) is 54.2 Å². The van der Waals surface area contributed by atoms with Gasteiger partial charge in [0.1, 0.15) is 12.4 Å². The van der Waals surface area contributed by atoms with Crippen molar-refractivity contribution in [1.82, 2.24) is 14.8 Å². The van der Waals surface area contributed by atoms with E-state index < -0.39 is 0 Å². The summed E-state index contributed by atoms with van der Waals surface area (Å²) in [7, 11) is 0. The molecule has 1 aliphatic rings. The monoisotopic (exact) mass is 468 g/mol. The summed E-state index contributed by atoms with van der Waals surface area (Å²) in [6, 6.07) is 25.3. The summed E-state index contributed by atoms with van der Waals surface area (Å²) in [5.74, 6) is 2.55. The molecule has 0 saturated carbocycles. The van der Waals surface area contributed by atoms with Crippen molar-refractivity contribution in [2.24, 2.45) is 10.9 Å². The van der Waals surface area contributed by atoms with Crippen LogP contribution in [-0.4, -0.2) is 20.5 Å². The first kappa shape index (κ1) is 22.5. The number of benzene rings is 3. The zero-order chi connectivity index (χ0) is 23.5. The minimum Gasteiger partial charge on any atom is -0.281 e. The molecular formula is C29H29ClN4. The molecule has 0 aliphatic carbocycles. The number of aliphatic imine (C=N–C) groups is 1. The van der Waals surface area contributed by atoms with Crippen LogP contribution in [0.15, 0.2) is 77.8 Å². The molecule has 3 aromatic carbocycles. The van der Waals surface area contributed by atoms with E-state index >= 15 is 0 Å². The largest absolute Gasteiger partial charge is 0.281 e. The van der Waals surface area contributed by atoms with Crippen molar-refractivity contribution in [3.63, 3.8) is 0 Å². The van der Waals surface area contributed by atoms with Gasteiger partial charge in [-0.1, -0.05) is 80.0 Å². The molecule has 0 atom stereocenters. The van der Waals surface area contributed by atoms with Gasteiger partial charge in [-0.25, -0.2) is 0 Å². The van der Waals surface area contributed by atoms with Crippen LogP contribution in [0, 0.1) is 5.92 Å². The Hall–Kier alpha value is -3.24. The third kappa shape index (κ3) is 4.83. The molecule has 4 nitrogen and oxygen atoms in total. The van der Waals surface area contributed by atoms with E-state index in [1.54, 1.807) is 0 Å². The molecule has 34 heavy (non-hydrogen) atoms. The van der Waals surface area contributed by atoms with Crippen molar-refractivity contribution >= 4 is 17.3 Å². The van der Waals surface area contributed by atoms with Crippen LogP contribution in [0.25, 0.3) is 5.69 Å². The molecule has 0 amide bonds. The van der Waals surface area contributed by atoms with E-state index in [1.807, 2.05) is 24.3 Å². The van der Waals surface area contributed by atoms with E-state index in [0.29, 0.717) is 12.5 Å². The van der Waals surface area contributed by atoms with E-state index in [2.05, 4.69) is 77.1 Å². The molecule has 0 unspecified atom stereocenters. The van der Waals surface area contributed by atoms with Crippen LogP contribution in [0.4, 0.5) is 0 Å². The van der Waals surface area contributed by atoms with Gasteiger partial charge in [0.2, 0.25) is 0 Å². The Balaban J connectivity index is 1.36. The van der Waals surface area contributed by atoms with Crippen LogP contribution in [0.2, 0.25) is 5.02 Å². The third-order valence-corrected chi connectivity index (χ3v) is 6.48. The fourth-order valence-electron chi connectivity index (χ4n) is 4.62. The van der Waals surface area contributed by atoms with Gasteiger partial charge in [0, 0.05) is 22.6 Å². The van der Waals surface area contributed by atoms with Gasteiger partial charge in [0.15, 0.2) is 5.82 Å². The Morgan fingerprint density at radius 1 is 0.853 bits per heavy atom. The lowest BCUT2D eigenvalue weighted by Gasteiger charge is -2.13. The predicted octanol–water partition coefficient (Wildman–Crippen LogP) is 6.65. The van der Waals surface area contributed by atoms with Crippen LogP contribution < -0.4 is 0 Å². The number of aromatic nitrogens is 3. The molecule has 0 spiro atoms. The number of rotatable bonds is 7. The summed E-state index contributed by atoms with van der Waals surface area (Å²) in [4.78, 5) is 4.93. The normalized spacial score (nSPS) is 12.8. The zero-order valence-corrected chi connectivity index (χ0v) is 20.5. The lowest BCUT2D eigenvalue weighted by atomic mass is 10.00. The fraction of sp³-hybridized carbons (Fsp3) is 0.276. The Morgan fingerprint density at radius 3 is 2.35 bits per heavy atom. The highest BCUT2D eigenvalue weighted by Crippen LogP contribution is 2.27. The quantitative estimate of drug-likeness (QED) is 0.305. The summed E-state index contributed by atoms with van der Waals surface area (Å²) in [6.45, 7) is 5.02. The molecule has 4 aromatic rings. The number of hydrogen-bond donors (Lipinski definition) is 0. The van der Waals surface area contributed by atoms with Gasteiger partial charge in [-0.3, -0.25) is 9.56 Å². The first-order valence-corrected chi connectivity index (χ1v) is 12.4. The first-order valence-electron chi connectivity index (χ1n) is 12.0. The van der Waals surface area contributed by atoms with Gasteiger partial charge in [-0.05, 0) is 54.5 Å². The standard InChI is InChI=1S/C29H29ClN4/c1-20(2)18-22-12-10-21(11-13-22)6-5-9-27-32-33-28-19-31-29(23-14-16-24(30)17-15-23)25-7-3-4-8-26(25)34(27)28/h3-4,7-8,10-17,20H,5-6,9,18-19H2,1-2H3. The number of hydrogen-bond acceptors (Lipinski definition) is 3. The summed E-state index contributed by atoms with van der Waals surface area (Å²) in [5.41, 5.74) is 6.97. The van der Waals surface area contributed by atoms with Crippen molar-refractivity contribution in [2.75, 3.05) is 0 Å². The highest BCUT2D eigenvalue weighted by atomic mass is 35.5. The topological polar surface area (TPSA) is 43.1 Å². The molecule has 1 aliphatic heterocycles. The van der Waals surface area contributed by atoms with Crippen molar-refractivity contribution in [2.45, 2.75) is 46.1 Å². The maximum absolute atomic E-state index is 6.12. The minimum atomic E-state index is 0.497. The van der Waals surface area contributed by atoms with Gasteiger partial charge in [0.25, 0.3) is 0 Å². The third-order valence-electron chi connectivity index (χ3n) is 6.23. The summed E-state index contributed by atoms with van der Waals surface area (Å²) < 4.78 is 2.20. The van der Waals surface area contributed by atoms with Gasteiger partial charge >= 0.3 is 0 Å². The van der Waals surface area contributed by atoms with E-state index in [-0.39, 0.29) is 0 Å². The second-order valence-electron chi connectivity index (χ2n) is 9.32. The lowest BCUT2D eigenvalue weighted by molar-refractivity contribution is 0.647. The number of fused-ring (bicyclic) bond motifs is 3. The van der Waals surface area contributed by atoms with Gasteiger partial charge in [0.05, 0.1) is 11.4 Å². The lowest BCUT2D eigenvalue weighted by Crippen LogP contribution is -2.09. The van der Waals surface area contributed by atoms with Crippen LogP contribution in [0.3, 0.4) is 0 Å². The molecule has 0 N–H and O–H groups in total. The second-order valence-corrected chi connectivity index (χ2v) is 9.76. The van der Waals surface area contributed by atoms with Gasteiger partial charge in [-0.15, -0.1) is 10.2 Å². The second kappa shape index (κ2) is 9.94. The molecule has 5 rings (SSSR count). The molecule has 5 heteroatoms. The highest BCUT2D eigenvalue weighted by molar-refractivity contribution is 6.30. The zero-order valence-electron chi connectivity index (χ0n) is 19.7. The highest BCUT2D eigenvalue weighted by Gasteiger charge is 2.22. The maximum Gasteiger partial charge on any atom is 0.159 e. The predicted molar refractivity (Wildman–Crippen MR) is 139 cm³/mol. The molecular weight excluding hydrogens is 440 g/mol. The summed E-state index contributed by atoms with van der Waals surface area (Å²) >= 11 is 6.12. The van der Waals surface area contributed by atoms with E-state index in [9.17, 15) is 0 Å². The van der Waals surface area contributed by atoms with Crippen LogP contribution in [-0.2, 0) is 25.8 Å². The molecule has 0 fully saturated rings. The molecule has 172 valence electrons. The van der Waals surface area contributed by atoms with Crippen molar-refractivity contribution in [1.29, 1.82) is 0 Å². The van der Waals surface area contributed by atoms with E-state index in [4.69, 9.17) is 16.6 Å². The Morgan fingerprint density at radius 2 is 1.59 bits per heavy atom. The maximum atomic E-state index is 6.12. The molecule has 0 radical (unpaired) electrons. The van der Waals surface area contributed by atoms with Crippen molar-refractivity contribution in [3.05, 3.63) is 112 Å². The molecule has 1 aromatic heterocycles. The molecule has 0 bridgehead atoms. The average Bonchev–Trinajstić information content (AvgIpc) is 3.16. The van der Waals surface area contributed by atoms with Crippen LogP contribution >= 0.6 is 11.6 Å². The Bertz CT molecular complexity index is 1300. The van der Waals surface area contributed by atoms with Gasteiger partial charge in [-0.2, -0.15) is 0 Å². The Labute approximate surface area is 206 Å². The number of halogens is 1. The fourth-order valence-corrected chi connectivity index (χ4v) is 4.74. The van der Waals surface area contributed by atoms with E-state index in [0.717, 1.165) is 64.9 Å². The first-order chi connectivity index (χ1) is 16.6. The minimum absolute atomic E-state index is 0.497. The van der Waals surface area contributed by atoms with Crippen molar-refractivity contribution in [3.8, 4) is 5.69 Å². The smallest absolute Gasteiger partial charge is 0.159 e. The summed E-state index contributed by atoms with van der Waals surface area (Å²) in [6.07, 6.45) is 4.05.